The number of esters is 1. The van der Waals surface area contributed by atoms with E-state index < -0.39 is 30.4 Å². The Balaban J connectivity index is 2.31. The Morgan fingerprint density at radius 3 is 2.50 bits per heavy atom. The molecule has 4 atom stereocenters. The van der Waals surface area contributed by atoms with Crippen molar-refractivity contribution >= 4 is 5.97 Å². The lowest BCUT2D eigenvalue weighted by molar-refractivity contribution is -0.132. The summed E-state index contributed by atoms with van der Waals surface area (Å²) in [5.41, 5.74) is 0.559. The number of hydrogen-bond acceptors (Lipinski definition) is 5. The zero-order valence-corrected chi connectivity index (χ0v) is 10.2. The van der Waals surface area contributed by atoms with Crippen molar-refractivity contribution in [2.45, 2.75) is 38.3 Å². The molecule has 0 amide bonds. The topological polar surface area (TPSA) is 76.0 Å². The molecule has 98 valence electrons. The lowest BCUT2D eigenvalue weighted by Crippen LogP contribution is -2.28. The van der Waals surface area contributed by atoms with E-state index in [9.17, 15) is 15.0 Å². The van der Waals surface area contributed by atoms with Gasteiger partial charge in [0, 0.05) is 12.5 Å². The summed E-state index contributed by atoms with van der Waals surface area (Å²) in [6, 6.07) is 6.82. The number of carbonyl (C=O) groups is 1. The first kappa shape index (κ1) is 13.0. The molecule has 2 N–H and O–H groups in total. The van der Waals surface area contributed by atoms with Crippen LogP contribution in [0.25, 0.3) is 0 Å². The van der Waals surface area contributed by atoms with Crippen LogP contribution in [0.3, 0.4) is 0 Å². The zero-order chi connectivity index (χ0) is 13.3. The van der Waals surface area contributed by atoms with Crippen molar-refractivity contribution in [3.8, 4) is 5.75 Å². The van der Waals surface area contributed by atoms with Crippen LogP contribution in [0.5, 0.6) is 5.75 Å². The van der Waals surface area contributed by atoms with Crippen molar-refractivity contribution in [1.82, 2.24) is 0 Å². The minimum atomic E-state index is -1.03. The summed E-state index contributed by atoms with van der Waals surface area (Å²) < 4.78 is 10.6. The smallest absolute Gasteiger partial charge is 0.308 e. The van der Waals surface area contributed by atoms with Crippen molar-refractivity contribution in [2.75, 3.05) is 0 Å². The highest BCUT2D eigenvalue weighted by Crippen LogP contribution is 2.37. The molecule has 0 bridgehead atoms. The van der Waals surface area contributed by atoms with Crippen LogP contribution in [-0.2, 0) is 9.53 Å². The van der Waals surface area contributed by atoms with Crippen molar-refractivity contribution in [2.24, 2.45) is 0 Å². The average molecular weight is 252 g/mol. The van der Waals surface area contributed by atoms with Crippen LogP contribution >= 0.6 is 0 Å². The van der Waals surface area contributed by atoms with Gasteiger partial charge in [0.05, 0.1) is 6.10 Å². The lowest BCUT2D eigenvalue weighted by atomic mass is 10.0. The fourth-order valence-corrected chi connectivity index (χ4v) is 2.07. The summed E-state index contributed by atoms with van der Waals surface area (Å²) in [5, 5.41) is 19.6. The molecular weight excluding hydrogens is 236 g/mol. The highest BCUT2D eigenvalue weighted by molar-refractivity contribution is 5.69. The van der Waals surface area contributed by atoms with E-state index in [1.54, 1.807) is 31.2 Å². The van der Waals surface area contributed by atoms with Crippen LogP contribution in [0.2, 0.25) is 0 Å². The van der Waals surface area contributed by atoms with E-state index in [0.29, 0.717) is 11.3 Å². The van der Waals surface area contributed by atoms with Gasteiger partial charge in [0.1, 0.15) is 24.1 Å². The number of ether oxygens (including phenoxy) is 2. The third-order valence-electron chi connectivity index (χ3n) is 2.98. The summed E-state index contributed by atoms with van der Waals surface area (Å²) >= 11 is 0. The summed E-state index contributed by atoms with van der Waals surface area (Å²) in [6.45, 7) is 2.99. The first-order valence-corrected chi connectivity index (χ1v) is 5.79. The Labute approximate surface area is 105 Å². The average Bonchev–Trinajstić information content (AvgIpc) is 2.57. The maximum Gasteiger partial charge on any atom is 0.308 e. The second-order valence-corrected chi connectivity index (χ2v) is 4.37. The maximum atomic E-state index is 11.0. The maximum absolute atomic E-state index is 11.0. The highest BCUT2D eigenvalue weighted by Gasteiger charge is 2.42. The molecule has 1 aromatic rings. The number of aliphatic hydroxyl groups is 2. The number of benzene rings is 1. The molecule has 1 fully saturated rings. The van der Waals surface area contributed by atoms with Gasteiger partial charge in [0.25, 0.3) is 0 Å². The minimum Gasteiger partial charge on any atom is -0.426 e. The van der Waals surface area contributed by atoms with Gasteiger partial charge in [0.15, 0.2) is 0 Å². The molecule has 0 spiro atoms. The fourth-order valence-electron chi connectivity index (χ4n) is 2.07. The van der Waals surface area contributed by atoms with Crippen LogP contribution in [-0.4, -0.2) is 34.5 Å². The predicted molar refractivity (Wildman–Crippen MR) is 63.1 cm³/mol. The van der Waals surface area contributed by atoms with Crippen LogP contribution in [0, 0.1) is 0 Å². The van der Waals surface area contributed by atoms with Gasteiger partial charge in [0.2, 0.25) is 0 Å². The summed E-state index contributed by atoms with van der Waals surface area (Å²) in [5.74, 6) is -0.0983. The molecule has 2 rings (SSSR count). The third-order valence-corrected chi connectivity index (χ3v) is 2.98. The standard InChI is InChI=1S/C13H16O5/c1-7-11(15)12(16)13(17-7)9-5-3-4-6-10(9)18-8(2)14/h3-7,11-13,15-16H,1-2H3/t7-,11?,12+,13+/m0/s1. The lowest BCUT2D eigenvalue weighted by Gasteiger charge is -2.17. The molecule has 18 heavy (non-hydrogen) atoms. The third kappa shape index (κ3) is 2.38. The van der Waals surface area contributed by atoms with Gasteiger partial charge in [-0.1, -0.05) is 18.2 Å². The molecule has 0 aliphatic carbocycles. The quantitative estimate of drug-likeness (QED) is 0.601. The molecule has 1 aromatic carbocycles. The molecule has 1 unspecified atom stereocenters. The van der Waals surface area contributed by atoms with Gasteiger partial charge in [-0.25, -0.2) is 0 Å². The zero-order valence-electron chi connectivity index (χ0n) is 10.2. The first-order chi connectivity index (χ1) is 8.50. The van der Waals surface area contributed by atoms with Crippen LogP contribution in [0.4, 0.5) is 0 Å². The summed E-state index contributed by atoms with van der Waals surface area (Å²) in [6.07, 6.45) is -3.13. The SMILES string of the molecule is CC(=O)Oc1ccccc1[C@H]1O[C@@H](C)C(O)[C@H]1O. The van der Waals surface area contributed by atoms with E-state index in [2.05, 4.69) is 0 Å². The van der Waals surface area contributed by atoms with Crippen LogP contribution in [0.1, 0.15) is 25.5 Å². The first-order valence-electron chi connectivity index (χ1n) is 5.79. The van der Waals surface area contributed by atoms with Crippen molar-refractivity contribution < 1.29 is 24.5 Å². The molecule has 1 heterocycles. The monoisotopic (exact) mass is 252 g/mol. The van der Waals surface area contributed by atoms with Gasteiger partial charge in [-0.2, -0.15) is 0 Å². The van der Waals surface area contributed by atoms with Crippen molar-refractivity contribution in [1.29, 1.82) is 0 Å². The molecular formula is C13H16O5. The van der Waals surface area contributed by atoms with E-state index in [1.807, 2.05) is 0 Å². The van der Waals surface area contributed by atoms with Crippen LogP contribution < -0.4 is 4.74 Å². The highest BCUT2D eigenvalue weighted by atomic mass is 16.6. The van der Waals surface area contributed by atoms with E-state index in [-0.39, 0.29) is 0 Å². The van der Waals surface area contributed by atoms with Gasteiger partial charge < -0.3 is 19.7 Å². The molecule has 1 aliphatic heterocycles. The van der Waals surface area contributed by atoms with Crippen molar-refractivity contribution in [3.63, 3.8) is 0 Å². The number of para-hydroxylation sites is 1. The normalized spacial score (nSPS) is 31.3. The molecule has 5 nitrogen and oxygen atoms in total. The number of hydrogen-bond donors (Lipinski definition) is 2. The molecule has 0 saturated carbocycles. The van der Waals surface area contributed by atoms with Gasteiger partial charge in [-0.15, -0.1) is 0 Å². The number of rotatable bonds is 2. The largest absolute Gasteiger partial charge is 0.426 e. The predicted octanol–water partition coefficient (Wildman–Crippen LogP) is 0.793. The second-order valence-electron chi connectivity index (χ2n) is 4.37. The van der Waals surface area contributed by atoms with Gasteiger partial charge in [-0.05, 0) is 13.0 Å². The molecule has 5 heteroatoms. The summed E-state index contributed by atoms with van der Waals surface area (Å²) in [7, 11) is 0. The van der Waals surface area contributed by atoms with Gasteiger partial charge >= 0.3 is 5.97 Å². The number of carbonyl (C=O) groups excluding carboxylic acids is 1. The van der Waals surface area contributed by atoms with Gasteiger partial charge in [-0.3, -0.25) is 4.79 Å². The number of aliphatic hydroxyl groups excluding tert-OH is 2. The Bertz CT molecular complexity index is 445. The summed E-state index contributed by atoms with van der Waals surface area (Å²) in [4.78, 5) is 11.0. The van der Waals surface area contributed by atoms with E-state index in [4.69, 9.17) is 9.47 Å². The van der Waals surface area contributed by atoms with E-state index >= 15 is 0 Å². The second kappa shape index (κ2) is 5.06. The van der Waals surface area contributed by atoms with Crippen LogP contribution in [0.15, 0.2) is 24.3 Å². The minimum absolute atomic E-state index is 0.343. The fraction of sp³-hybridized carbons (Fsp3) is 0.462. The van der Waals surface area contributed by atoms with Crippen molar-refractivity contribution in [3.05, 3.63) is 29.8 Å². The Morgan fingerprint density at radius 2 is 1.94 bits per heavy atom. The molecule has 0 radical (unpaired) electrons. The molecule has 1 aliphatic rings. The molecule has 0 aromatic heterocycles. The Morgan fingerprint density at radius 1 is 1.28 bits per heavy atom. The molecule has 1 saturated heterocycles. The Hall–Kier alpha value is -1.43. The van der Waals surface area contributed by atoms with E-state index in [0.717, 1.165) is 0 Å². The Kier molecular flexibility index (Phi) is 3.65. The van der Waals surface area contributed by atoms with E-state index in [1.165, 1.54) is 6.92 Å².